The third-order valence-electron chi connectivity index (χ3n) is 1.67. The van der Waals surface area contributed by atoms with Crippen molar-refractivity contribution in [3.05, 3.63) is 0 Å². The van der Waals surface area contributed by atoms with Crippen molar-refractivity contribution in [2.75, 3.05) is 13.2 Å². The lowest BCUT2D eigenvalue weighted by molar-refractivity contribution is 0.215. The topological polar surface area (TPSA) is 119 Å². The van der Waals surface area contributed by atoms with E-state index in [1.54, 1.807) is 0 Å². The lowest BCUT2D eigenvalue weighted by atomic mass is 10.5. The molecule has 0 spiro atoms. The zero-order valence-electron chi connectivity index (χ0n) is 10.9. The first-order valence-corrected chi connectivity index (χ1v) is 7.65. The molecule has 4 N–H and O–H groups in total. The smallest absolute Gasteiger partial charge is 0.384 e. The van der Waals surface area contributed by atoms with Crippen LogP contribution in [-0.2, 0) is 13.6 Å². The van der Waals surface area contributed by atoms with Crippen LogP contribution in [0, 0.1) is 0 Å². The Hall–Kier alpha value is -1.02. The molecule has 19 heavy (non-hydrogen) atoms. The molecule has 0 aromatic heterocycles. The molecule has 0 radical (unpaired) electrons. The Morgan fingerprint density at radius 2 is 1.95 bits per heavy atom. The third kappa shape index (κ3) is 7.22. The van der Waals surface area contributed by atoms with Gasteiger partial charge >= 0.3 is 7.60 Å². The lowest BCUT2D eigenvalue weighted by Crippen LogP contribution is -2.24. The fraction of sp³-hybridized carbons (Fsp3) is 0.667. The van der Waals surface area contributed by atoms with E-state index in [1.165, 1.54) is 0 Å². The normalized spacial score (nSPS) is 12.8. The van der Waals surface area contributed by atoms with Gasteiger partial charge < -0.3 is 20.0 Å². The zero-order valence-corrected chi connectivity index (χ0v) is 12.6. The second-order valence-corrected chi connectivity index (χ2v) is 5.77. The Bertz CT molecular complexity index is 376. The van der Waals surface area contributed by atoms with Gasteiger partial charge in [0, 0.05) is 0 Å². The van der Waals surface area contributed by atoms with Crippen LogP contribution in [0.5, 0.6) is 0 Å². The SMILES string of the molecule is CCCOP(=O)(OCCC)C(/C=N/NC(N)=S)=N\O. The predicted octanol–water partition coefficient (Wildman–Crippen LogP) is 1.64. The van der Waals surface area contributed by atoms with Gasteiger partial charge in [0.05, 0.1) is 19.4 Å². The van der Waals surface area contributed by atoms with Gasteiger partial charge in [-0.1, -0.05) is 19.0 Å². The number of hydrazone groups is 1. The summed E-state index contributed by atoms with van der Waals surface area (Å²) in [4.78, 5) is 0. The number of thiocarbonyl (C=S) groups is 1. The second kappa shape index (κ2) is 9.85. The molecule has 0 atom stereocenters. The predicted molar refractivity (Wildman–Crippen MR) is 77.7 cm³/mol. The Morgan fingerprint density at radius 3 is 2.32 bits per heavy atom. The minimum atomic E-state index is -3.70. The highest BCUT2D eigenvalue weighted by Gasteiger charge is 2.31. The van der Waals surface area contributed by atoms with Crippen LogP contribution in [0.25, 0.3) is 0 Å². The van der Waals surface area contributed by atoms with Gasteiger partial charge in [0.15, 0.2) is 5.11 Å². The van der Waals surface area contributed by atoms with E-state index in [-0.39, 0.29) is 23.8 Å². The summed E-state index contributed by atoms with van der Waals surface area (Å²) in [6.45, 7) is 4.11. The monoisotopic (exact) mass is 310 g/mol. The van der Waals surface area contributed by atoms with Crippen LogP contribution in [0.4, 0.5) is 0 Å². The van der Waals surface area contributed by atoms with Gasteiger partial charge in [-0.25, -0.2) is 0 Å². The molecule has 0 aliphatic rings. The molecular weight excluding hydrogens is 291 g/mol. The minimum Gasteiger partial charge on any atom is -0.410 e. The van der Waals surface area contributed by atoms with Crippen molar-refractivity contribution < 1.29 is 18.8 Å². The average Bonchev–Trinajstić information content (AvgIpc) is 2.38. The highest BCUT2D eigenvalue weighted by atomic mass is 32.1. The van der Waals surface area contributed by atoms with Crippen molar-refractivity contribution in [3.8, 4) is 0 Å². The highest BCUT2D eigenvalue weighted by molar-refractivity contribution is 7.80. The van der Waals surface area contributed by atoms with Gasteiger partial charge in [0.1, 0.15) is 0 Å². The molecule has 0 rings (SSSR count). The molecule has 110 valence electrons. The van der Waals surface area contributed by atoms with E-state index in [4.69, 9.17) is 20.0 Å². The largest absolute Gasteiger partial charge is 0.410 e. The summed E-state index contributed by atoms with van der Waals surface area (Å²) in [7, 11) is -3.70. The van der Waals surface area contributed by atoms with Crippen molar-refractivity contribution in [2.45, 2.75) is 26.7 Å². The summed E-state index contributed by atoms with van der Waals surface area (Å²) in [5.74, 6) is 0. The molecule has 0 unspecified atom stereocenters. The summed E-state index contributed by atoms with van der Waals surface area (Å²) in [5, 5.41) is 15.3. The van der Waals surface area contributed by atoms with Crippen molar-refractivity contribution in [2.24, 2.45) is 16.0 Å². The third-order valence-corrected chi connectivity index (χ3v) is 3.57. The summed E-state index contributed by atoms with van der Waals surface area (Å²) in [6, 6.07) is 0. The Balaban J connectivity index is 4.92. The van der Waals surface area contributed by atoms with Gasteiger partial charge in [0.25, 0.3) is 0 Å². The first-order chi connectivity index (χ1) is 9.00. The molecule has 0 bridgehead atoms. The first kappa shape index (κ1) is 18.0. The Labute approximate surface area is 117 Å². The minimum absolute atomic E-state index is 0.0766. The van der Waals surface area contributed by atoms with E-state index in [2.05, 4.69) is 27.9 Å². The molecule has 0 saturated heterocycles. The van der Waals surface area contributed by atoms with Gasteiger partial charge in [-0.05, 0) is 25.1 Å². The molecule has 0 aliphatic heterocycles. The van der Waals surface area contributed by atoms with Crippen molar-refractivity contribution in [1.82, 2.24) is 5.43 Å². The second-order valence-electron chi connectivity index (χ2n) is 3.36. The van der Waals surface area contributed by atoms with Crippen LogP contribution in [0.3, 0.4) is 0 Å². The number of hydrogen-bond donors (Lipinski definition) is 3. The quantitative estimate of drug-likeness (QED) is 0.195. The Morgan fingerprint density at radius 1 is 1.42 bits per heavy atom. The van der Waals surface area contributed by atoms with E-state index < -0.39 is 7.60 Å². The van der Waals surface area contributed by atoms with E-state index in [0.717, 1.165) is 6.21 Å². The summed E-state index contributed by atoms with van der Waals surface area (Å²) < 4.78 is 22.7. The summed E-state index contributed by atoms with van der Waals surface area (Å²) in [5.41, 5.74) is 7.09. The van der Waals surface area contributed by atoms with E-state index in [9.17, 15) is 4.57 Å². The number of nitrogens with two attached hydrogens (primary N) is 1. The zero-order chi connectivity index (χ0) is 14.7. The maximum Gasteiger partial charge on any atom is 0.384 e. The van der Waals surface area contributed by atoms with Gasteiger partial charge in [0.2, 0.25) is 5.45 Å². The highest BCUT2D eigenvalue weighted by Crippen LogP contribution is 2.49. The maximum absolute atomic E-state index is 12.4. The summed E-state index contributed by atoms with van der Waals surface area (Å²) in [6.07, 6.45) is 2.27. The fourth-order valence-corrected chi connectivity index (χ4v) is 2.44. The van der Waals surface area contributed by atoms with E-state index in [1.807, 2.05) is 13.8 Å². The summed E-state index contributed by atoms with van der Waals surface area (Å²) >= 11 is 4.54. The van der Waals surface area contributed by atoms with Crippen LogP contribution in [0.1, 0.15) is 26.7 Å². The van der Waals surface area contributed by atoms with Crippen molar-refractivity contribution in [1.29, 1.82) is 0 Å². The number of rotatable bonds is 9. The number of oxime groups is 1. The Kier molecular flexibility index (Phi) is 9.32. The average molecular weight is 310 g/mol. The molecule has 10 heteroatoms. The van der Waals surface area contributed by atoms with Crippen LogP contribution >= 0.6 is 19.8 Å². The standard InChI is InChI=1S/C9H19N4O4PS/c1-3-5-16-18(15,17-6-4-2)8(13-14)7-11-12-9(10)19/h7,14H,3-6H2,1-2H3,(H3,10,12,19)/b11-7+,13-8-. The van der Waals surface area contributed by atoms with Crippen molar-refractivity contribution >= 4 is 36.6 Å². The number of nitrogens with one attached hydrogen (secondary N) is 1. The van der Waals surface area contributed by atoms with Gasteiger partial charge in [-0.2, -0.15) is 5.10 Å². The maximum atomic E-state index is 12.4. The molecule has 8 nitrogen and oxygen atoms in total. The number of nitrogens with zero attached hydrogens (tertiary/aromatic N) is 2. The van der Waals surface area contributed by atoms with Crippen LogP contribution in [-0.4, -0.2) is 35.2 Å². The molecule has 0 fully saturated rings. The first-order valence-electron chi connectivity index (χ1n) is 5.70. The van der Waals surface area contributed by atoms with Gasteiger partial charge in [-0.15, -0.1) is 0 Å². The van der Waals surface area contributed by atoms with Gasteiger partial charge in [-0.3, -0.25) is 9.99 Å². The van der Waals surface area contributed by atoms with Crippen LogP contribution < -0.4 is 11.2 Å². The molecule has 0 aliphatic carbocycles. The lowest BCUT2D eigenvalue weighted by Gasteiger charge is -2.16. The van der Waals surface area contributed by atoms with E-state index >= 15 is 0 Å². The molecule has 0 saturated carbocycles. The molecular formula is C9H19N4O4PS. The van der Waals surface area contributed by atoms with E-state index in [0.29, 0.717) is 12.8 Å². The van der Waals surface area contributed by atoms with Crippen molar-refractivity contribution in [3.63, 3.8) is 0 Å². The van der Waals surface area contributed by atoms with Crippen LogP contribution in [0.2, 0.25) is 0 Å². The number of hydrogen-bond acceptors (Lipinski definition) is 7. The molecule has 0 heterocycles. The van der Waals surface area contributed by atoms with Crippen LogP contribution in [0.15, 0.2) is 10.3 Å². The fourth-order valence-electron chi connectivity index (χ4n) is 0.897. The molecule has 0 amide bonds. The molecule has 0 aromatic carbocycles. The molecule has 0 aromatic rings.